The van der Waals surface area contributed by atoms with Gasteiger partial charge in [-0.25, -0.2) is 9.37 Å². The Hall–Kier alpha value is -1.69. The van der Waals surface area contributed by atoms with Gasteiger partial charge in [0.05, 0.1) is 4.70 Å². The fourth-order valence-electron chi connectivity index (χ4n) is 4.61. The van der Waals surface area contributed by atoms with E-state index in [1.54, 1.807) is 6.07 Å². The lowest BCUT2D eigenvalue weighted by Crippen LogP contribution is -2.50. The Morgan fingerprint density at radius 2 is 1.93 bits per heavy atom. The number of benzene rings is 1. The molecule has 2 fully saturated rings. The molecule has 2 heterocycles. The third-order valence-corrected chi connectivity index (χ3v) is 7.46. The first-order chi connectivity index (χ1) is 13.7. The van der Waals surface area contributed by atoms with E-state index in [1.807, 2.05) is 11.0 Å². The van der Waals surface area contributed by atoms with Crippen LogP contribution in [-0.4, -0.2) is 42.0 Å². The molecular weight excluding hydrogens is 373 g/mol. The van der Waals surface area contributed by atoms with Crippen LogP contribution in [-0.2, 0) is 4.79 Å². The van der Waals surface area contributed by atoms with Crippen molar-refractivity contribution in [3.8, 4) is 0 Å². The molecule has 28 heavy (non-hydrogen) atoms. The molecule has 1 aliphatic carbocycles. The van der Waals surface area contributed by atoms with E-state index in [4.69, 9.17) is 0 Å². The smallest absolute Gasteiger partial charge is 0.225 e. The molecule has 1 aromatic heterocycles. The third kappa shape index (κ3) is 4.17. The Morgan fingerprint density at radius 1 is 1.18 bits per heavy atom. The molecule has 0 N–H and O–H groups in total. The molecule has 0 unspecified atom stereocenters. The first kappa shape index (κ1) is 19.6. The standard InChI is InChI=1S/C22H30FN3OS/c1-2-3-5-16-8-10-17(11-9-16)21(27)25-12-14-26(15-13-25)22-24-20-18(23)6-4-7-19(20)28-22/h4,6-7,16-17H,2-3,5,8-15H2,1H3. The molecule has 0 bridgehead atoms. The number of hydrogen-bond donors (Lipinski definition) is 0. The summed E-state index contributed by atoms with van der Waals surface area (Å²) in [5, 5.41) is 0.864. The summed E-state index contributed by atoms with van der Waals surface area (Å²) in [4.78, 5) is 21.7. The van der Waals surface area contributed by atoms with Crippen LogP contribution in [0.15, 0.2) is 18.2 Å². The number of thiazole rings is 1. The summed E-state index contributed by atoms with van der Waals surface area (Å²) in [7, 11) is 0. The zero-order valence-corrected chi connectivity index (χ0v) is 17.5. The van der Waals surface area contributed by atoms with Crippen molar-refractivity contribution in [3.05, 3.63) is 24.0 Å². The number of carbonyl (C=O) groups excluding carboxylic acids is 1. The third-order valence-electron chi connectivity index (χ3n) is 6.38. The predicted molar refractivity (Wildman–Crippen MR) is 113 cm³/mol. The number of piperazine rings is 1. The number of hydrogen-bond acceptors (Lipinski definition) is 4. The van der Waals surface area contributed by atoms with Crippen LogP contribution in [0.5, 0.6) is 0 Å². The molecule has 1 aliphatic heterocycles. The zero-order chi connectivity index (χ0) is 19.5. The van der Waals surface area contributed by atoms with Crippen molar-refractivity contribution in [2.75, 3.05) is 31.1 Å². The van der Waals surface area contributed by atoms with E-state index >= 15 is 0 Å². The molecule has 6 heteroatoms. The highest BCUT2D eigenvalue weighted by atomic mass is 32.1. The second-order valence-corrected chi connectivity index (χ2v) is 9.26. The Morgan fingerprint density at radius 3 is 2.61 bits per heavy atom. The first-order valence-electron chi connectivity index (χ1n) is 10.7. The Bertz CT molecular complexity index is 807. The lowest BCUT2D eigenvalue weighted by molar-refractivity contribution is -0.137. The Kier molecular flexibility index (Phi) is 6.14. The number of nitrogens with zero attached hydrogens (tertiary/aromatic N) is 3. The van der Waals surface area contributed by atoms with Gasteiger partial charge in [0.1, 0.15) is 11.3 Å². The van der Waals surface area contributed by atoms with E-state index in [1.165, 1.54) is 49.5 Å². The largest absolute Gasteiger partial charge is 0.345 e. The average Bonchev–Trinajstić information content (AvgIpc) is 3.18. The lowest BCUT2D eigenvalue weighted by atomic mass is 9.79. The minimum absolute atomic E-state index is 0.223. The van der Waals surface area contributed by atoms with Gasteiger partial charge < -0.3 is 9.80 Å². The van der Waals surface area contributed by atoms with Gasteiger partial charge in [-0.15, -0.1) is 0 Å². The summed E-state index contributed by atoms with van der Waals surface area (Å²) < 4.78 is 14.8. The normalized spacial score (nSPS) is 23.4. The van der Waals surface area contributed by atoms with Crippen LogP contribution < -0.4 is 4.90 Å². The van der Waals surface area contributed by atoms with E-state index in [0.29, 0.717) is 11.4 Å². The fraction of sp³-hybridized carbons (Fsp3) is 0.636. The molecule has 2 aromatic rings. The van der Waals surface area contributed by atoms with Gasteiger partial charge in [-0.05, 0) is 43.7 Å². The summed E-state index contributed by atoms with van der Waals surface area (Å²) >= 11 is 1.53. The van der Waals surface area contributed by atoms with Crippen molar-refractivity contribution < 1.29 is 9.18 Å². The number of halogens is 1. The summed E-state index contributed by atoms with van der Waals surface area (Å²) in [5.74, 6) is 1.15. The van der Waals surface area contributed by atoms with Crippen LogP contribution in [0.2, 0.25) is 0 Å². The van der Waals surface area contributed by atoms with E-state index in [0.717, 1.165) is 54.8 Å². The maximum atomic E-state index is 13.9. The second kappa shape index (κ2) is 8.76. The molecule has 4 nitrogen and oxygen atoms in total. The van der Waals surface area contributed by atoms with Crippen LogP contribution in [0, 0.1) is 17.7 Å². The minimum atomic E-state index is -0.261. The van der Waals surface area contributed by atoms with E-state index in [9.17, 15) is 9.18 Å². The van der Waals surface area contributed by atoms with Crippen molar-refractivity contribution in [2.24, 2.45) is 11.8 Å². The van der Waals surface area contributed by atoms with Gasteiger partial charge in [-0.3, -0.25) is 4.79 Å². The number of carbonyl (C=O) groups is 1. The monoisotopic (exact) mass is 403 g/mol. The molecule has 0 spiro atoms. The highest BCUT2D eigenvalue weighted by molar-refractivity contribution is 7.22. The molecule has 4 rings (SSSR count). The number of amides is 1. The van der Waals surface area contributed by atoms with Gasteiger partial charge >= 0.3 is 0 Å². The minimum Gasteiger partial charge on any atom is -0.345 e. The van der Waals surface area contributed by atoms with Gasteiger partial charge in [0.15, 0.2) is 5.13 Å². The van der Waals surface area contributed by atoms with Crippen molar-refractivity contribution in [1.82, 2.24) is 9.88 Å². The summed E-state index contributed by atoms with van der Waals surface area (Å²) in [6, 6.07) is 5.10. The highest BCUT2D eigenvalue weighted by Crippen LogP contribution is 2.34. The van der Waals surface area contributed by atoms with Crippen molar-refractivity contribution >= 4 is 32.6 Å². The molecule has 0 radical (unpaired) electrons. The highest BCUT2D eigenvalue weighted by Gasteiger charge is 2.31. The predicted octanol–water partition coefficient (Wildman–Crippen LogP) is 5.08. The maximum absolute atomic E-state index is 13.9. The van der Waals surface area contributed by atoms with Crippen LogP contribution in [0.25, 0.3) is 10.2 Å². The van der Waals surface area contributed by atoms with Gasteiger partial charge in [-0.1, -0.05) is 43.6 Å². The van der Waals surface area contributed by atoms with E-state index in [-0.39, 0.29) is 11.7 Å². The molecule has 1 saturated heterocycles. The van der Waals surface area contributed by atoms with E-state index in [2.05, 4.69) is 16.8 Å². The van der Waals surface area contributed by atoms with Crippen LogP contribution in [0.1, 0.15) is 51.9 Å². The Balaban J connectivity index is 1.30. The number of para-hydroxylation sites is 1. The number of aromatic nitrogens is 1. The average molecular weight is 404 g/mol. The maximum Gasteiger partial charge on any atom is 0.225 e. The number of fused-ring (bicyclic) bond motifs is 1. The number of anilines is 1. The molecule has 1 saturated carbocycles. The van der Waals surface area contributed by atoms with Crippen molar-refractivity contribution in [2.45, 2.75) is 51.9 Å². The van der Waals surface area contributed by atoms with E-state index < -0.39 is 0 Å². The fourth-order valence-corrected chi connectivity index (χ4v) is 5.64. The number of rotatable bonds is 5. The molecule has 0 atom stereocenters. The molecule has 1 aromatic carbocycles. The van der Waals surface area contributed by atoms with Crippen LogP contribution in [0.3, 0.4) is 0 Å². The Labute approximate surface area is 170 Å². The molecule has 2 aliphatic rings. The summed E-state index contributed by atoms with van der Waals surface area (Å²) in [6.07, 6.45) is 8.47. The second-order valence-electron chi connectivity index (χ2n) is 8.26. The number of unbranched alkanes of at least 4 members (excludes halogenated alkanes) is 1. The van der Waals surface area contributed by atoms with Gasteiger partial charge in [0, 0.05) is 32.1 Å². The molecule has 1 amide bonds. The summed E-state index contributed by atoms with van der Waals surface area (Å²) in [6.45, 7) is 5.29. The van der Waals surface area contributed by atoms with Gasteiger partial charge in [-0.2, -0.15) is 0 Å². The van der Waals surface area contributed by atoms with Crippen molar-refractivity contribution in [1.29, 1.82) is 0 Å². The SMILES string of the molecule is CCCCC1CCC(C(=O)N2CCN(c3nc4c(F)cccc4s3)CC2)CC1. The van der Waals surface area contributed by atoms with Crippen LogP contribution >= 0.6 is 11.3 Å². The molecule has 152 valence electrons. The zero-order valence-electron chi connectivity index (χ0n) is 16.7. The summed E-state index contributed by atoms with van der Waals surface area (Å²) in [5.41, 5.74) is 0.459. The van der Waals surface area contributed by atoms with Crippen molar-refractivity contribution in [3.63, 3.8) is 0 Å². The topological polar surface area (TPSA) is 36.4 Å². The van der Waals surface area contributed by atoms with Gasteiger partial charge in [0.25, 0.3) is 0 Å². The quantitative estimate of drug-likeness (QED) is 0.698. The first-order valence-corrected chi connectivity index (χ1v) is 11.6. The van der Waals surface area contributed by atoms with Gasteiger partial charge in [0.2, 0.25) is 5.91 Å². The molecular formula is C22H30FN3OS. The van der Waals surface area contributed by atoms with Crippen LogP contribution in [0.4, 0.5) is 9.52 Å². The lowest BCUT2D eigenvalue weighted by Gasteiger charge is -2.37.